The van der Waals surface area contributed by atoms with Crippen molar-refractivity contribution in [1.82, 2.24) is 9.88 Å². The van der Waals surface area contributed by atoms with E-state index in [1.807, 2.05) is 30.3 Å². The van der Waals surface area contributed by atoms with Gasteiger partial charge in [0.1, 0.15) is 5.54 Å². The number of carbonyl (C=O) groups excluding carboxylic acids is 3. The van der Waals surface area contributed by atoms with E-state index in [0.29, 0.717) is 16.8 Å². The van der Waals surface area contributed by atoms with Crippen molar-refractivity contribution in [2.75, 3.05) is 11.4 Å². The Balaban J connectivity index is 1.52. The van der Waals surface area contributed by atoms with Crippen molar-refractivity contribution in [3.05, 3.63) is 71.9 Å². The second-order valence-electron chi connectivity index (χ2n) is 7.01. The Morgan fingerprint density at radius 1 is 0.889 bits per heavy atom. The van der Waals surface area contributed by atoms with Crippen LogP contribution in [0.5, 0.6) is 0 Å². The van der Waals surface area contributed by atoms with Crippen molar-refractivity contribution < 1.29 is 14.4 Å². The van der Waals surface area contributed by atoms with E-state index < -0.39 is 17.4 Å². The van der Waals surface area contributed by atoms with Gasteiger partial charge >= 0.3 is 0 Å². The summed E-state index contributed by atoms with van der Waals surface area (Å²) in [4.78, 5) is 45.7. The molecule has 2 aliphatic rings. The molecule has 0 spiro atoms. The molecule has 3 heterocycles. The van der Waals surface area contributed by atoms with E-state index in [9.17, 15) is 14.4 Å². The van der Waals surface area contributed by atoms with Gasteiger partial charge in [-0.1, -0.05) is 30.3 Å². The standard InChI is InChI=1S/C21H15N3O3/c1-21(24-18(25)14-8-2-3-9-15(14)19(24)26)12-23(20(21)27)16-10-4-6-13-7-5-11-22-17(13)16/h2-11H,12H2,1H3. The van der Waals surface area contributed by atoms with Crippen molar-refractivity contribution in [2.45, 2.75) is 12.5 Å². The second kappa shape index (κ2) is 5.23. The number of pyridine rings is 1. The summed E-state index contributed by atoms with van der Waals surface area (Å²) in [6.07, 6.45) is 1.68. The molecule has 3 aromatic rings. The first-order valence-corrected chi connectivity index (χ1v) is 8.66. The SMILES string of the molecule is CC1(N2C(=O)c3ccccc3C2=O)CN(c2cccc3cccnc23)C1=O. The second-order valence-corrected chi connectivity index (χ2v) is 7.01. The number of β-lactam (4-membered cyclic amide) rings is 1. The number of hydrogen-bond acceptors (Lipinski definition) is 4. The van der Waals surface area contributed by atoms with Crippen molar-refractivity contribution >= 4 is 34.3 Å². The van der Waals surface area contributed by atoms with E-state index in [1.165, 1.54) is 0 Å². The van der Waals surface area contributed by atoms with Crippen molar-refractivity contribution in [3.63, 3.8) is 0 Å². The van der Waals surface area contributed by atoms with E-state index in [4.69, 9.17) is 0 Å². The van der Waals surface area contributed by atoms with Crippen LogP contribution in [0.1, 0.15) is 27.6 Å². The summed E-state index contributed by atoms with van der Waals surface area (Å²) < 4.78 is 0. The van der Waals surface area contributed by atoms with Crippen LogP contribution in [-0.4, -0.2) is 39.7 Å². The molecule has 6 heteroatoms. The number of imide groups is 1. The molecule has 6 nitrogen and oxygen atoms in total. The predicted octanol–water partition coefficient (Wildman–Crippen LogP) is 2.64. The predicted molar refractivity (Wildman–Crippen MR) is 99.4 cm³/mol. The largest absolute Gasteiger partial charge is 0.305 e. The highest BCUT2D eigenvalue weighted by Crippen LogP contribution is 2.40. The zero-order valence-electron chi connectivity index (χ0n) is 14.5. The maximum Gasteiger partial charge on any atom is 0.262 e. The number of para-hydroxylation sites is 1. The number of fused-ring (bicyclic) bond motifs is 2. The third-order valence-electron chi connectivity index (χ3n) is 5.36. The van der Waals surface area contributed by atoms with Gasteiger partial charge in [-0.25, -0.2) is 0 Å². The molecule has 1 fully saturated rings. The van der Waals surface area contributed by atoms with Gasteiger partial charge in [0, 0.05) is 11.6 Å². The molecule has 0 N–H and O–H groups in total. The Labute approximate surface area is 155 Å². The maximum absolute atomic E-state index is 13.1. The minimum absolute atomic E-state index is 0.243. The molecule has 0 radical (unpaired) electrons. The number of anilines is 1. The van der Waals surface area contributed by atoms with Gasteiger partial charge in [-0.3, -0.25) is 24.3 Å². The number of nitrogens with zero attached hydrogens (tertiary/aromatic N) is 3. The smallest absolute Gasteiger partial charge is 0.262 e. The van der Waals surface area contributed by atoms with E-state index in [2.05, 4.69) is 4.98 Å². The van der Waals surface area contributed by atoms with Crippen LogP contribution in [-0.2, 0) is 4.79 Å². The zero-order chi connectivity index (χ0) is 18.8. The third kappa shape index (κ3) is 1.95. The summed E-state index contributed by atoms with van der Waals surface area (Å²) in [6.45, 7) is 1.89. The molecule has 0 bridgehead atoms. The molecule has 0 aliphatic carbocycles. The quantitative estimate of drug-likeness (QED) is 0.522. The van der Waals surface area contributed by atoms with Crippen molar-refractivity contribution in [1.29, 1.82) is 0 Å². The van der Waals surface area contributed by atoms with E-state index >= 15 is 0 Å². The van der Waals surface area contributed by atoms with Gasteiger partial charge in [0.05, 0.1) is 28.9 Å². The molecule has 3 amide bonds. The Morgan fingerprint density at radius 3 is 2.22 bits per heavy atom. The van der Waals surface area contributed by atoms with Crippen LogP contribution >= 0.6 is 0 Å². The highest BCUT2D eigenvalue weighted by atomic mass is 16.2. The first-order valence-electron chi connectivity index (χ1n) is 8.66. The van der Waals surface area contributed by atoms with Crippen LogP contribution in [0.2, 0.25) is 0 Å². The number of carbonyl (C=O) groups is 3. The normalized spacial score (nSPS) is 21.6. The Hall–Kier alpha value is -3.54. The van der Waals surface area contributed by atoms with Crippen LogP contribution in [0.25, 0.3) is 10.9 Å². The molecule has 1 saturated heterocycles. The lowest BCUT2D eigenvalue weighted by Crippen LogP contribution is -2.74. The van der Waals surface area contributed by atoms with Crippen LogP contribution in [0.3, 0.4) is 0 Å². The van der Waals surface area contributed by atoms with E-state index in [1.54, 1.807) is 42.3 Å². The molecule has 132 valence electrons. The third-order valence-corrected chi connectivity index (χ3v) is 5.36. The molecular weight excluding hydrogens is 342 g/mol. The number of amides is 3. The molecule has 1 atom stereocenters. The van der Waals surface area contributed by atoms with Gasteiger partial charge in [0.15, 0.2) is 0 Å². The van der Waals surface area contributed by atoms with Gasteiger partial charge in [0.2, 0.25) is 0 Å². The minimum atomic E-state index is -1.19. The fourth-order valence-electron chi connectivity index (χ4n) is 3.95. The lowest BCUT2D eigenvalue weighted by atomic mass is 9.87. The highest BCUT2D eigenvalue weighted by Gasteiger charge is 2.59. The van der Waals surface area contributed by atoms with Crippen LogP contribution in [0, 0.1) is 0 Å². The lowest BCUT2D eigenvalue weighted by Gasteiger charge is -2.50. The summed E-state index contributed by atoms with van der Waals surface area (Å²) in [5, 5.41) is 0.928. The molecule has 27 heavy (non-hydrogen) atoms. The first-order chi connectivity index (χ1) is 13.0. The van der Waals surface area contributed by atoms with Crippen LogP contribution in [0.15, 0.2) is 60.8 Å². The molecule has 2 aliphatic heterocycles. The zero-order valence-corrected chi connectivity index (χ0v) is 14.5. The Morgan fingerprint density at radius 2 is 1.56 bits per heavy atom. The topological polar surface area (TPSA) is 70.6 Å². The summed E-state index contributed by atoms with van der Waals surface area (Å²) in [7, 11) is 0. The molecule has 0 saturated carbocycles. The fourth-order valence-corrected chi connectivity index (χ4v) is 3.95. The van der Waals surface area contributed by atoms with Crippen LogP contribution < -0.4 is 4.90 Å². The number of hydrogen-bond donors (Lipinski definition) is 0. The number of aromatic nitrogens is 1. The monoisotopic (exact) mass is 357 g/mol. The van der Waals surface area contributed by atoms with E-state index in [-0.39, 0.29) is 12.5 Å². The van der Waals surface area contributed by atoms with Gasteiger partial charge in [-0.05, 0) is 31.2 Å². The maximum atomic E-state index is 13.1. The molecule has 5 rings (SSSR count). The van der Waals surface area contributed by atoms with Gasteiger partial charge in [-0.2, -0.15) is 0 Å². The minimum Gasteiger partial charge on any atom is -0.305 e. The molecule has 2 aromatic carbocycles. The number of rotatable bonds is 2. The van der Waals surface area contributed by atoms with Crippen molar-refractivity contribution in [3.8, 4) is 0 Å². The average Bonchev–Trinajstić information content (AvgIpc) is 2.96. The summed E-state index contributed by atoms with van der Waals surface area (Å²) in [5.41, 5.74) is 0.915. The molecular formula is C21H15N3O3. The average molecular weight is 357 g/mol. The highest BCUT2D eigenvalue weighted by molar-refractivity contribution is 6.26. The van der Waals surface area contributed by atoms with E-state index in [0.717, 1.165) is 15.8 Å². The Bertz CT molecular complexity index is 1120. The van der Waals surface area contributed by atoms with Gasteiger partial charge < -0.3 is 4.90 Å². The summed E-state index contributed by atoms with van der Waals surface area (Å²) in [5.74, 6) is -1.11. The summed E-state index contributed by atoms with van der Waals surface area (Å²) in [6, 6.07) is 16.1. The first kappa shape index (κ1) is 15.7. The fraction of sp³-hybridized carbons (Fsp3) is 0.143. The van der Waals surface area contributed by atoms with Gasteiger partial charge in [-0.15, -0.1) is 0 Å². The van der Waals surface area contributed by atoms with Crippen molar-refractivity contribution in [2.24, 2.45) is 0 Å². The lowest BCUT2D eigenvalue weighted by molar-refractivity contribution is -0.133. The number of benzene rings is 2. The summed E-state index contributed by atoms with van der Waals surface area (Å²) >= 11 is 0. The molecule has 1 unspecified atom stereocenters. The van der Waals surface area contributed by atoms with Gasteiger partial charge in [0.25, 0.3) is 17.7 Å². The Kier molecular flexibility index (Phi) is 3.04. The molecule has 1 aromatic heterocycles. The van der Waals surface area contributed by atoms with Crippen LogP contribution in [0.4, 0.5) is 5.69 Å².